The van der Waals surface area contributed by atoms with Crippen molar-refractivity contribution in [2.24, 2.45) is 0 Å². The van der Waals surface area contributed by atoms with Crippen LogP contribution in [0.25, 0.3) is 0 Å². The molecule has 3 rings (SSSR count). The van der Waals surface area contributed by atoms with E-state index in [9.17, 15) is 8.78 Å². The quantitative estimate of drug-likeness (QED) is 0.870. The van der Waals surface area contributed by atoms with E-state index in [2.05, 4.69) is 10.2 Å². The van der Waals surface area contributed by atoms with E-state index in [1.165, 1.54) is 31.5 Å². The minimum Gasteiger partial charge on any atom is -0.382 e. The van der Waals surface area contributed by atoms with Gasteiger partial charge in [0.1, 0.15) is 11.6 Å². The fourth-order valence-corrected chi connectivity index (χ4v) is 3.23. The SMILES string of the molecule is Fc1cc(F)cc(NC2CCN3CCCC3C2)c1. The van der Waals surface area contributed by atoms with Crippen LogP contribution in [0.5, 0.6) is 0 Å². The smallest absolute Gasteiger partial charge is 0.128 e. The first-order valence-electron chi connectivity index (χ1n) is 6.67. The number of nitrogens with one attached hydrogen (secondary N) is 1. The molecule has 2 saturated heterocycles. The first-order chi connectivity index (χ1) is 8.70. The van der Waals surface area contributed by atoms with Gasteiger partial charge in [0.15, 0.2) is 0 Å². The lowest BCUT2D eigenvalue weighted by atomic mass is 9.97. The van der Waals surface area contributed by atoms with E-state index >= 15 is 0 Å². The Kier molecular flexibility index (Phi) is 3.20. The first kappa shape index (κ1) is 11.9. The number of rotatable bonds is 2. The number of piperidine rings is 1. The molecule has 4 heteroatoms. The van der Waals surface area contributed by atoms with Gasteiger partial charge >= 0.3 is 0 Å². The van der Waals surface area contributed by atoms with Gasteiger partial charge in [0.2, 0.25) is 0 Å². The molecule has 98 valence electrons. The predicted molar refractivity (Wildman–Crippen MR) is 67.6 cm³/mol. The maximum Gasteiger partial charge on any atom is 0.128 e. The average molecular weight is 252 g/mol. The molecule has 2 aliphatic heterocycles. The van der Waals surface area contributed by atoms with E-state index in [1.807, 2.05) is 0 Å². The average Bonchev–Trinajstić information content (AvgIpc) is 2.74. The molecule has 18 heavy (non-hydrogen) atoms. The molecule has 2 unspecified atom stereocenters. The van der Waals surface area contributed by atoms with Crippen LogP contribution in [-0.2, 0) is 0 Å². The highest BCUT2D eigenvalue weighted by atomic mass is 19.1. The molecule has 1 N–H and O–H groups in total. The molecular weight excluding hydrogens is 234 g/mol. The van der Waals surface area contributed by atoms with Crippen LogP contribution in [0.2, 0.25) is 0 Å². The van der Waals surface area contributed by atoms with Crippen LogP contribution in [0.1, 0.15) is 25.7 Å². The first-order valence-corrected chi connectivity index (χ1v) is 6.67. The second-order valence-corrected chi connectivity index (χ2v) is 5.36. The highest BCUT2D eigenvalue weighted by Gasteiger charge is 2.31. The summed E-state index contributed by atoms with van der Waals surface area (Å²) in [6.07, 6.45) is 4.68. The third kappa shape index (κ3) is 2.48. The molecule has 0 aliphatic carbocycles. The molecule has 2 atom stereocenters. The van der Waals surface area contributed by atoms with Gasteiger partial charge in [-0.05, 0) is 44.4 Å². The maximum absolute atomic E-state index is 13.1. The topological polar surface area (TPSA) is 15.3 Å². The Morgan fingerprint density at radius 2 is 1.83 bits per heavy atom. The summed E-state index contributed by atoms with van der Waals surface area (Å²) in [5.74, 6) is -1.04. The Labute approximate surface area is 106 Å². The fourth-order valence-electron chi connectivity index (χ4n) is 3.23. The second-order valence-electron chi connectivity index (χ2n) is 5.36. The Balaban J connectivity index is 1.65. The van der Waals surface area contributed by atoms with Crippen LogP contribution in [0.3, 0.4) is 0 Å². The molecule has 2 nitrogen and oxygen atoms in total. The molecule has 0 spiro atoms. The Bertz CT molecular complexity index is 416. The number of hydrogen-bond acceptors (Lipinski definition) is 2. The van der Waals surface area contributed by atoms with Crippen molar-refractivity contribution in [3.8, 4) is 0 Å². The molecule has 2 aliphatic rings. The van der Waals surface area contributed by atoms with Crippen LogP contribution >= 0.6 is 0 Å². The second kappa shape index (κ2) is 4.84. The molecule has 0 amide bonds. The van der Waals surface area contributed by atoms with E-state index in [0.29, 0.717) is 17.8 Å². The van der Waals surface area contributed by atoms with Crippen molar-refractivity contribution in [1.29, 1.82) is 0 Å². The van der Waals surface area contributed by atoms with Crippen molar-refractivity contribution < 1.29 is 8.78 Å². The molecule has 2 heterocycles. The normalized spacial score (nSPS) is 28.1. The fraction of sp³-hybridized carbons (Fsp3) is 0.571. The number of hydrogen-bond donors (Lipinski definition) is 1. The van der Waals surface area contributed by atoms with Crippen molar-refractivity contribution in [3.63, 3.8) is 0 Å². The molecule has 1 aromatic carbocycles. The summed E-state index contributed by atoms with van der Waals surface area (Å²) < 4.78 is 26.2. The Morgan fingerprint density at radius 1 is 1.06 bits per heavy atom. The Morgan fingerprint density at radius 3 is 2.61 bits per heavy atom. The van der Waals surface area contributed by atoms with E-state index in [4.69, 9.17) is 0 Å². The predicted octanol–water partition coefficient (Wildman–Crippen LogP) is 3.00. The highest BCUT2D eigenvalue weighted by molar-refractivity contribution is 5.44. The van der Waals surface area contributed by atoms with Crippen LogP contribution in [0.15, 0.2) is 18.2 Å². The summed E-state index contributed by atoms with van der Waals surface area (Å²) in [6.45, 7) is 2.31. The number of fused-ring (bicyclic) bond motifs is 1. The van der Waals surface area contributed by atoms with Crippen molar-refractivity contribution in [1.82, 2.24) is 4.90 Å². The van der Waals surface area contributed by atoms with Crippen molar-refractivity contribution in [2.45, 2.75) is 37.8 Å². The largest absolute Gasteiger partial charge is 0.382 e. The standard InChI is InChI=1S/C14H18F2N2/c15-10-6-11(16)8-13(7-10)17-12-3-5-18-4-1-2-14(18)9-12/h6-8,12,14,17H,1-5,9H2. The van der Waals surface area contributed by atoms with Gasteiger partial charge in [-0.2, -0.15) is 0 Å². The van der Waals surface area contributed by atoms with Crippen LogP contribution in [0.4, 0.5) is 14.5 Å². The summed E-state index contributed by atoms with van der Waals surface area (Å²) in [7, 11) is 0. The van der Waals surface area contributed by atoms with Gasteiger partial charge < -0.3 is 10.2 Å². The summed E-state index contributed by atoms with van der Waals surface area (Å²) in [5.41, 5.74) is 0.559. The molecule has 2 fully saturated rings. The number of benzene rings is 1. The molecule has 1 aromatic rings. The van der Waals surface area contributed by atoms with Crippen LogP contribution in [-0.4, -0.2) is 30.1 Å². The van der Waals surface area contributed by atoms with Crippen molar-refractivity contribution >= 4 is 5.69 Å². The third-order valence-electron chi connectivity index (χ3n) is 4.05. The van der Waals surface area contributed by atoms with E-state index in [1.54, 1.807) is 0 Å². The monoisotopic (exact) mass is 252 g/mol. The molecule has 0 saturated carbocycles. The van der Waals surface area contributed by atoms with E-state index in [0.717, 1.165) is 25.5 Å². The van der Waals surface area contributed by atoms with Gasteiger partial charge in [-0.3, -0.25) is 0 Å². The minimum atomic E-state index is -0.518. The summed E-state index contributed by atoms with van der Waals surface area (Å²) >= 11 is 0. The van der Waals surface area contributed by atoms with E-state index in [-0.39, 0.29) is 0 Å². The number of nitrogens with zero attached hydrogens (tertiary/aromatic N) is 1. The molecule has 0 bridgehead atoms. The summed E-state index contributed by atoms with van der Waals surface area (Å²) in [4.78, 5) is 2.53. The third-order valence-corrected chi connectivity index (χ3v) is 4.05. The lowest BCUT2D eigenvalue weighted by Crippen LogP contribution is -2.42. The van der Waals surface area contributed by atoms with E-state index < -0.39 is 11.6 Å². The minimum absolute atomic E-state index is 0.338. The zero-order valence-electron chi connectivity index (χ0n) is 10.3. The summed E-state index contributed by atoms with van der Waals surface area (Å²) in [5, 5.41) is 3.27. The summed E-state index contributed by atoms with van der Waals surface area (Å²) in [6, 6.07) is 4.64. The Hall–Kier alpha value is -1.16. The zero-order valence-corrected chi connectivity index (χ0v) is 10.3. The van der Waals surface area contributed by atoms with Gasteiger partial charge in [-0.15, -0.1) is 0 Å². The zero-order chi connectivity index (χ0) is 12.5. The molecule has 0 aromatic heterocycles. The number of halogens is 2. The molecule has 0 radical (unpaired) electrons. The molecular formula is C14H18F2N2. The highest BCUT2D eigenvalue weighted by Crippen LogP contribution is 2.28. The van der Waals surface area contributed by atoms with Crippen molar-refractivity contribution in [3.05, 3.63) is 29.8 Å². The maximum atomic E-state index is 13.1. The number of anilines is 1. The van der Waals surface area contributed by atoms with Gasteiger partial charge in [0.05, 0.1) is 0 Å². The van der Waals surface area contributed by atoms with Crippen molar-refractivity contribution in [2.75, 3.05) is 18.4 Å². The van der Waals surface area contributed by atoms with Crippen LogP contribution < -0.4 is 5.32 Å². The van der Waals surface area contributed by atoms with Crippen LogP contribution in [0, 0.1) is 11.6 Å². The van der Waals surface area contributed by atoms with Gasteiger partial charge in [-0.25, -0.2) is 8.78 Å². The van der Waals surface area contributed by atoms with Gasteiger partial charge in [-0.1, -0.05) is 0 Å². The van der Waals surface area contributed by atoms with Gasteiger partial charge in [0.25, 0.3) is 0 Å². The van der Waals surface area contributed by atoms with Gasteiger partial charge in [0, 0.05) is 30.4 Å². The lowest BCUT2D eigenvalue weighted by Gasteiger charge is -2.35. The lowest BCUT2D eigenvalue weighted by molar-refractivity contribution is 0.188.